The highest BCUT2D eigenvalue weighted by atomic mass is 19.1. The Morgan fingerprint density at radius 2 is 2.11 bits per heavy atom. The number of nitrogen functional groups attached to an aromatic ring is 1. The van der Waals surface area contributed by atoms with Crippen molar-refractivity contribution in [2.24, 2.45) is 5.92 Å². The summed E-state index contributed by atoms with van der Waals surface area (Å²) < 4.78 is 18.4. The van der Waals surface area contributed by atoms with Crippen LogP contribution in [0.2, 0.25) is 0 Å². The summed E-state index contributed by atoms with van der Waals surface area (Å²) in [6.07, 6.45) is 0.353. The Morgan fingerprint density at radius 3 is 2.68 bits per heavy atom. The summed E-state index contributed by atoms with van der Waals surface area (Å²) in [4.78, 5) is 11.8. The molecule has 1 aromatic carbocycles. The number of carbonyl (C=O) groups excluding carboxylic acids is 1. The third-order valence-corrected chi connectivity index (χ3v) is 2.70. The number of anilines is 2. The third kappa shape index (κ3) is 5.26. The molecule has 1 aromatic rings. The van der Waals surface area contributed by atoms with Crippen molar-refractivity contribution in [1.82, 2.24) is 0 Å². The summed E-state index contributed by atoms with van der Waals surface area (Å²) in [5, 5.41) is 2.64. The number of nitrogens with one attached hydrogen (secondary N) is 1. The Hall–Kier alpha value is -1.62. The number of rotatable bonds is 6. The van der Waals surface area contributed by atoms with E-state index in [4.69, 9.17) is 10.5 Å². The highest BCUT2D eigenvalue weighted by molar-refractivity contribution is 5.94. The number of nitrogens with two attached hydrogens (primary N) is 1. The Bertz CT molecular complexity index is 435. The van der Waals surface area contributed by atoms with Gasteiger partial charge in [-0.3, -0.25) is 4.79 Å². The van der Waals surface area contributed by atoms with E-state index in [9.17, 15) is 9.18 Å². The first-order valence-electron chi connectivity index (χ1n) is 6.37. The van der Waals surface area contributed by atoms with Gasteiger partial charge in [0.1, 0.15) is 11.9 Å². The fraction of sp³-hybridized carbons (Fsp3) is 0.500. The average molecular weight is 268 g/mol. The molecule has 4 nitrogen and oxygen atoms in total. The van der Waals surface area contributed by atoms with Gasteiger partial charge in [0.2, 0.25) is 0 Å². The Kier molecular flexibility index (Phi) is 5.76. The molecule has 0 radical (unpaired) electrons. The number of benzene rings is 1. The lowest BCUT2D eigenvalue weighted by Crippen LogP contribution is -2.28. The SMILES string of the molecule is CC(C)CCOC(C)C(=O)Nc1ccc(F)c(N)c1. The van der Waals surface area contributed by atoms with Gasteiger partial charge >= 0.3 is 0 Å². The molecule has 0 heterocycles. The van der Waals surface area contributed by atoms with Gasteiger partial charge in [-0.2, -0.15) is 0 Å². The van der Waals surface area contributed by atoms with E-state index < -0.39 is 11.9 Å². The van der Waals surface area contributed by atoms with Crippen LogP contribution in [0.4, 0.5) is 15.8 Å². The zero-order chi connectivity index (χ0) is 14.4. The van der Waals surface area contributed by atoms with Gasteiger partial charge < -0.3 is 15.8 Å². The zero-order valence-corrected chi connectivity index (χ0v) is 11.6. The van der Waals surface area contributed by atoms with Crippen molar-refractivity contribution in [3.63, 3.8) is 0 Å². The van der Waals surface area contributed by atoms with E-state index in [-0.39, 0.29) is 11.6 Å². The second kappa shape index (κ2) is 7.09. The maximum Gasteiger partial charge on any atom is 0.253 e. The average Bonchev–Trinajstić information content (AvgIpc) is 2.33. The first kappa shape index (κ1) is 15.4. The van der Waals surface area contributed by atoms with Crippen molar-refractivity contribution >= 4 is 17.3 Å². The number of hydrogen-bond donors (Lipinski definition) is 2. The van der Waals surface area contributed by atoms with Gasteiger partial charge in [0.05, 0.1) is 5.69 Å². The first-order valence-corrected chi connectivity index (χ1v) is 6.37. The smallest absolute Gasteiger partial charge is 0.253 e. The molecule has 0 aliphatic carbocycles. The minimum atomic E-state index is -0.551. The van der Waals surface area contributed by atoms with Crippen molar-refractivity contribution < 1.29 is 13.9 Å². The summed E-state index contributed by atoms with van der Waals surface area (Å²) in [5.41, 5.74) is 5.90. The van der Waals surface area contributed by atoms with Crippen molar-refractivity contribution in [2.45, 2.75) is 33.3 Å². The maximum absolute atomic E-state index is 13.0. The van der Waals surface area contributed by atoms with E-state index in [2.05, 4.69) is 19.2 Å². The second-order valence-corrected chi connectivity index (χ2v) is 4.92. The number of carbonyl (C=O) groups is 1. The molecule has 1 atom stereocenters. The van der Waals surface area contributed by atoms with Crippen molar-refractivity contribution in [3.05, 3.63) is 24.0 Å². The van der Waals surface area contributed by atoms with Gasteiger partial charge in [-0.25, -0.2) is 4.39 Å². The van der Waals surface area contributed by atoms with Crippen LogP contribution in [0.3, 0.4) is 0 Å². The number of hydrogen-bond acceptors (Lipinski definition) is 3. The summed E-state index contributed by atoms with van der Waals surface area (Å²) in [6.45, 7) is 6.41. The molecular formula is C14H21FN2O2. The molecule has 5 heteroatoms. The van der Waals surface area contributed by atoms with Gasteiger partial charge in [-0.15, -0.1) is 0 Å². The van der Waals surface area contributed by atoms with E-state index in [1.54, 1.807) is 6.92 Å². The summed E-state index contributed by atoms with van der Waals surface area (Å²) >= 11 is 0. The molecule has 0 fully saturated rings. The molecule has 3 N–H and O–H groups in total. The van der Waals surface area contributed by atoms with Crippen LogP contribution in [0.1, 0.15) is 27.2 Å². The molecule has 0 spiro atoms. The number of amides is 1. The summed E-state index contributed by atoms with van der Waals surface area (Å²) in [6, 6.07) is 4.06. The van der Waals surface area contributed by atoms with Crippen LogP contribution in [0.25, 0.3) is 0 Å². The predicted octanol–water partition coefficient (Wildman–Crippen LogP) is 2.80. The fourth-order valence-corrected chi connectivity index (χ4v) is 1.42. The van der Waals surface area contributed by atoms with Crippen molar-refractivity contribution in [1.29, 1.82) is 0 Å². The Balaban J connectivity index is 2.47. The lowest BCUT2D eigenvalue weighted by molar-refractivity contribution is -0.126. The largest absolute Gasteiger partial charge is 0.396 e. The molecule has 19 heavy (non-hydrogen) atoms. The van der Waals surface area contributed by atoms with Crippen LogP contribution < -0.4 is 11.1 Å². The molecule has 1 rings (SSSR count). The normalized spacial score (nSPS) is 12.5. The molecule has 1 amide bonds. The van der Waals surface area contributed by atoms with E-state index in [0.29, 0.717) is 18.2 Å². The molecule has 106 valence electrons. The minimum Gasteiger partial charge on any atom is -0.396 e. The van der Waals surface area contributed by atoms with Crippen molar-refractivity contribution in [2.75, 3.05) is 17.7 Å². The third-order valence-electron chi connectivity index (χ3n) is 2.70. The van der Waals surface area contributed by atoms with Gasteiger partial charge in [0.25, 0.3) is 5.91 Å². The summed E-state index contributed by atoms with van der Waals surface area (Å²) in [7, 11) is 0. The highest BCUT2D eigenvalue weighted by Crippen LogP contribution is 2.16. The van der Waals surface area contributed by atoms with Crippen LogP contribution in [0.15, 0.2) is 18.2 Å². The molecular weight excluding hydrogens is 247 g/mol. The fourth-order valence-electron chi connectivity index (χ4n) is 1.42. The summed E-state index contributed by atoms with van der Waals surface area (Å²) in [5.74, 6) is -0.235. The Labute approximate surface area is 113 Å². The van der Waals surface area contributed by atoms with Crippen LogP contribution >= 0.6 is 0 Å². The van der Waals surface area contributed by atoms with Gasteiger partial charge in [-0.05, 0) is 37.5 Å². The standard InChI is InChI=1S/C14H21FN2O2/c1-9(2)6-7-19-10(3)14(18)17-11-4-5-12(15)13(16)8-11/h4-5,8-10H,6-7,16H2,1-3H3,(H,17,18). The zero-order valence-electron chi connectivity index (χ0n) is 11.6. The van der Waals surface area contributed by atoms with Gasteiger partial charge in [0.15, 0.2) is 0 Å². The van der Waals surface area contributed by atoms with E-state index in [1.165, 1.54) is 18.2 Å². The molecule has 0 aliphatic rings. The second-order valence-electron chi connectivity index (χ2n) is 4.92. The van der Waals surface area contributed by atoms with Gasteiger partial charge in [-0.1, -0.05) is 13.8 Å². The van der Waals surface area contributed by atoms with E-state index in [0.717, 1.165) is 6.42 Å². The number of ether oxygens (including phenoxy) is 1. The van der Waals surface area contributed by atoms with E-state index in [1.807, 2.05) is 0 Å². The molecule has 0 aliphatic heterocycles. The van der Waals surface area contributed by atoms with Crippen LogP contribution in [0.5, 0.6) is 0 Å². The van der Waals surface area contributed by atoms with Crippen LogP contribution in [-0.2, 0) is 9.53 Å². The topological polar surface area (TPSA) is 64.3 Å². The van der Waals surface area contributed by atoms with E-state index >= 15 is 0 Å². The first-order chi connectivity index (χ1) is 8.90. The number of halogens is 1. The monoisotopic (exact) mass is 268 g/mol. The molecule has 0 bridgehead atoms. The minimum absolute atomic E-state index is 0.00572. The maximum atomic E-state index is 13.0. The quantitative estimate of drug-likeness (QED) is 0.780. The lowest BCUT2D eigenvalue weighted by Gasteiger charge is -2.14. The van der Waals surface area contributed by atoms with Crippen LogP contribution in [-0.4, -0.2) is 18.6 Å². The molecule has 0 aromatic heterocycles. The van der Waals surface area contributed by atoms with Crippen molar-refractivity contribution in [3.8, 4) is 0 Å². The molecule has 0 saturated carbocycles. The molecule has 0 saturated heterocycles. The van der Waals surface area contributed by atoms with Crippen LogP contribution in [0, 0.1) is 11.7 Å². The Morgan fingerprint density at radius 1 is 1.42 bits per heavy atom. The predicted molar refractivity (Wildman–Crippen MR) is 74.3 cm³/mol. The van der Waals surface area contributed by atoms with Gasteiger partial charge in [0, 0.05) is 12.3 Å². The molecule has 1 unspecified atom stereocenters. The lowest BCUT2D eigenvalue weighted by atomic mass is 10.1. The highest BCUT2D eigenvalue weighted by Gasteiger charge is 2.14.